The van der Waals surface area contributed by atoms with E-state index in [9.17, 15) is 5.11 Å². The molecule has 1 aliphatic heterocycles. The highest BCUT2D eigenvalue weighted by molar-refractivity contribution is 5.35. The van der Waals surface area contributed by atoms with Crippen LogP contribution in [0.4, 0.5) is 0 Å². The Labute approximate surface area is 84.0 Å². The van der Waals surface area contributed by atoms with Crippen LogP contribution in [0.2, 0.25) is 0 Å². The van der Waals surface area contributed by atoms with Crippen molar-refractivity contribution in [2.24, 2.45) is 11.3 Å². The second-order valence-corrected chi connectivity index (χ2v) is 4.52. The molecular weight excluding hydrogens is 174 g/mol. The van der Waals surface area contributed by atoms with Gasteiger partial charge >= 0.3 is 0 Å². The Kier molecular flexibility index (Phi) is 1.70. The van der Waals surface area contributed by atoms with Crippen molar-refractivity contribution in [2.75, 3.05) is 19.7 Å². The fourth-order valence-corrected chi connectivity index (χ4v) is 3.10. The molecule has 0 bridgehead atoms. The van der Waals surface area contributed by atoms with Gasteiger partial charge in [0.25, 0.3) is 0 Å². The molecule has 1 saturated heterocycles. The first-order valence-corrected chi connectivity index (χ1v) is 5.25. The van der Waals surface area contributed by atoms with Crippen LogP contribution in [-0.4, -0.2) is 24.8 Å². The first-order chi connectivity index (χ1) is 6.88. The molecule has 1 heterocycles. The topological polar surface area (TPSA) is 32.3 Å². The monoisotopic (exact) mass is 189 g/mol. The van der Waals surface area contributed by atoms with Crippen LogP contribution in [0.1, 0.15) is 11.5 Å². The minimum absolute atomic E-state index is 0.168. The van der Waals surface area contributed by atoms with Gasteiger partial charge in [-0.15, -0.1) is 0 Å². The molecule has 0 amide bonds. The highest BCUT2D eigenvalue weighted by Gasteiger charge is 2.66. The van der Waals surface area contributed by atoms with E-state index in [0.717, 1.165) is 13.1 Å². The highest BCUT2D eigenvalue weighted by Crippen LogP contribution is 2.66. The van der Waals surface area contributed by atoms with Gasteiger partial charge in [0.2, 0.25) is 0 Å². The van der Waals surface area contributed by atoms with Crippen molar-refractivity contribution in [3.8, 4) is 0 Å². The van der Waals surface area contributed by atoms with Crippen molar-refractivity contribution in [1.82, 2.24) is 5.32 Å². The van der Waals surface area contributed by atoms with E-state index in [1.54, 1.807) is 0 Å². The molecule has 1 aromatic rings. The van der Waals surface area contributed by atoms with Crippen LogP contribution in [0.5, 0.6) is 0 Å². The summed E-state index contributed by atoms with van der Waals surface area (Å²) in [5.74, 6) is 1.25. The number of aliphatic hydroxyl groups excluding tert-OH is 1. The molecule has 0 radical (unpaired) electrons. The van der Waals surface area contributed by atoms with E-state index < -0.39 is 0 Å². The molecule has 3 unspecified atom stereocenters. The molecular formula is C12H15NO. The van der Waals surface area contributed by atoms with Crippen LogP contribution >= 0.6 is 0 Å². The van der Waals surface area contributed by atoms with Gasteiger partial charge < -0.3 is 10.4 Å². The van der Waals surface area contributed by atoms with Gasteiger partial charge in [0, 0.05) is 12.0 Å². The zero-order chi connectivity index (χ0) is 9.60. The molecule has 0 spiro atoms. The summed E-state index contributed by atoms with van der Waals surface area (Å²) in [5, 5.41) is 12.8. The van der Waals surface area contributed by atoms with Gasteiger partial charge in [-0.25, -0.2) is 0 Å². The molecule has 1 aliphatic carbocycles. The Morgan fingerprint density at radius 3 is 2.79 bits per heavy atom. The van der Waals surface area contributed by atoms with E-state index in [4.69, 9.17) is 0 Å². The Morgan fingerprint density at radius 2 is 2.14 bits per heavy atom. The van der Waals surface area contributed by atoms with Crippen molar-refractivity contribution < 1.29 is 5.11 Å². The Hall–Kier alpha value is -0.860. The smallest absolute Gasteiger partial charge is 0.0508 e. The van der Waals surface area contributed by atoms with Crippen LogP contribution < -0.4 is 5.32 Å². The van der Waals surface area contributed by atoms with Gasteiger partial charge in [-0.3, -0.25) is 0 Å². The summed E-state index contributed by atoms with van der Waals surface area (Å²) < 4.78 is 0. The lowest BCUT2D eigenvalue weighted by molar-refractivity contribution is 0.209. The van der Waals surface area contributed by atoms with Gasteiger partial charge in [0.1, 0.15) is 0 Å². The maximum atomic E-state index is 9.46. The van der Waals surface area contributed by atoms with Crippen molar-refractivity contribution in [3.05, 3.63) is 35.9 Å². The SMILES string of the molecule is OCC12CNCC1C2c1ccccc1. The van der Waals surface area contributed by atoms with E-state index in [1.165, 1.54) is 5.56 Å². The van der Waals surface area contributed by atoms with Crippen LogP contribution in [0.25, 0.3) is 0 Å². The maximum Gasteiger partial charge on any atom is 0.0508 e. The van der Waals surface area contributed by atoms with Crippen LogP contribution in [0, 0.1) is 11.3 Å². The quantitative estimate of drug-likeness (QED) is 0.727. The van der Waals surface area contributed by atoms with E-state index in [2.05, 4.69) is 29.6 Å². The molecule has 74 valence electrons. The maximum absolute atomic E-state index is 9.46. The number of fused-ring (bicyclic) bond motifs is 1. The lowest BCUT2D eigenvalue weighted by atomic mass is 10.0. The third-order valence-corrected chi connectivity index (χ3v) is 3.92. The second kappa shape index (κ2) is 2.81. The van der Waals surface area contributed by atoms with Gasteiger partial charge in [-0.1, -0.05) is 30.3 Å². The lowest BCUT2D eigenvalue weighted by Gasteiger charge is -2.11. The molecule has 1 saturated carbocycles. The molecule has 2 aliphatic rings. The molecule has 3 atom stereocenters. The average molecular weight is 189 g/mol. The minimum atomic E-state index is 0.168. The molecule has 2 nitrogen and oxygen atoms in total. The van der Waals surface area contributed by atoms with E-state index in [-0.39, 0.29) is 5.41 Å². The number of benzene rings is 1. The molecule has 3 rings (SSSR count). The number of aliphatic hydroxyl groups is 1. The second-order valence-electron chi connectivity index (χ2n) is 4.52. The first kappa shape index (κ1) is 8.45. The Bertz CT molecular complexity index is 337. The number of nitrogens with one attached hydrogen (secondary N) is 1. The summed E-state index contributed by atoms with van der Waals surface area (Å²) in [4.78, 5) is 0. The summed E-state index contributed by atoms with van der Waals surface area (Å²) in [5.41, 5.74) is 1.56. The Morgan fingerprint density at radius 1 is 1.36 bits per heavy atom. The fraction of sp³-hybridized carbons (Fsp3) is 0.500. The lowest BCUT2D eigenvalue weighted by Crippen LogP contribution is -2.22. The fourth-order valence-electron chi connectivity index (χ4n) is 3.10. The predicted molar refractivity (Wildman–Crippen MR) is 55.1 cm³/mol. The van der Waals surface area contributed by atoms with Gasteiger partial charge in [-0.2, -0.15) is 0 Å². The van der Waals surface area contributed by atoms with E-state index in [1.807, 2.05) is 6.07 Å². The van der Waals surface area contributed by atoms with E-state index >= 15 is 0 Å². The van der Waals surface area contributed by atoms with Crippen LogP contribution in [0.15, 0.2) is 30.3 Å². The summed E-state index contributed by atoms with van der Waals surface area (Å²) in [6.45, 7) is 2.37. The van der Waals surface area contributed by atoms with Crippen molar-refractivity contribution >= 4 is 0 Å². The normalized spacial score (nSPS) is 39.5. The first-order valence-electron chi connectivity index (χ1n) is 5.25. The molecule has 0 aromatic heterocycles. The highest BCUT2D eigenvalue weighted by atomic mass is 16.3. The third kappa shape index (κ3) is 0.928. The predicted octanol–water partition coefficient (Wildman–Crippen LogP) is 0.982. The zero-order valence-electron chi connectivity index (χ0n) is 8.11. The van der Waals surface area contributed by atoms with Gasteiger partial charge in [-0.05, 0) is 23.9 Å². The van der Waals surface area contributed by atoms with Gasteiger partial charge in [0.15, 0.2) is 0 Å². The van der Waals surface area contributed by atoms with Gasteiger partial charge in [0.05, 0.1) is 6.61 Å². The summed E-state index contributed by atoms with van der Waals surface area (Å²) in [6.07, 6.45) is 0. The average Bonchev–Trinajstić information content (AvgIpc) is 2.69. The number of hydrogen-bond donors (Lipinski definition) is 2. The number of rotatable bonds is 2. The Balaban J connectivity index is 1.90. The zero-order valence-corrected chi connectivity index (χ0v) is 8.11. The molecule has 2 fully saturated rings. The summed E-state index contributed by atoms with van der Waals surface area (Å²) >= 11 is 0. The third-order valence-electron chi connectivity index (χ3n) is 3.92. The van der Waals surface area contributed by atoms with Crippen molar-refractivity contribution in [2.45, 2.75) is 5.92 Å². The van der Waals surface area contributed by atoms with Crippen LogP contribution in [-0.2, 0) is 0 Å². The van der Waals surface area contributed by atoms with Crippen LogP contribution in [0.3, 0.4) is 0 Å². The number of hydrogen-bond acceptors (Lipinski definition) is 2. The van der Waals surface area contributed by atoms with Crippen molar-refractivity contribution in [1.29, 1.82) is 0 Å². The molecule has 14 heavy (non-hydrogen) atoms. The van der Waals surface area contributed by atoms with E-state index in [0.29, 0.717) is 18.4 Å². The molecule has 1 aromatic carbocycles. The van der Waals surface area contributed by atoms with Crippen molar-refractivity contribution in [3.63, 3.8) is 0 Å². The molecule has 2 N–H and O–H groups in total. The standard InChI is InChI=1S/C12H15NO/c14-8-12-7-13-6-10(12)11(12)9-4-2-1-3-5-9/h1-5,10-11,13-14H,6-8H2. The molecule has 2 heteroatoms. The minimum Gasteiger partial charge on any atom is -0.396 e. The summed E-state index contributed by atoms with van der Waals surface area (Å²) in [6, 6.07) is 10.6. The number of piperidine rings is 1. The largest absolute Gasteiger partial charge is 0.396 e. The summed E-state index contributed by atoms with van der Waals surface area (Å²) in [7, 11) is 0.